The molecule has 3 rings (SSSR count). The minimum atomic E-state index is -0.756. The fourth-order valence-electron chi connectivity index (χ4n) is 4.15. The number of aliphatic hydroxyl groups is 1. The number of para-hydroxylation sites is 1. The van der Waals surface area contributed by atoms with Crippen LogP contribution < -0.4 is 16.4 Å². The van der Waals surface area contributed by atoms with Crippen molar-refractivity contribution in [2.24, 2.45) is 5.73 Å². The van der Waals surface area contributed by atoms with Crippen LogP contribution in [0.1, 0.15) is 28.7 Å². The van der Waals surface area contributed by atoms with E-state index in [1.54, 1.807) is 0 Å². The van der Waals surface area contributed by atoms with Crippen LogP contribution >= 0.6 is 0 Å². The van der Waals surface area contributed by atoms with Gasteiger partial charge < -0.3 is 21.5 Å². The summed E-state index contributed by atoms with van der Waals surface area (Å²) in [6, 6.07) is 25.3. The summed E-state index contributed by atoms with van der Waals surface area (Å²) in [6.07, 6.45) is 0.859. The molecule has 5 heteroatoms. The minimum Gasteiger partial charge on any atom is -0.391 e. The molecule has 5 N–H and O–H groups in total. The van der Waals surface area contributed by atoms with E-state index in [2.05, 4.69) is 10.6 Å². The van der Waals surface area contributed by atoms with Crippen LogP contribution in [0.5, 0.6) is 0 Å². The third-order valence-electron chi connectivity index (χ3n) is 5.90. The van der Waals surface area contributed by atoms with Crippen LogP contribution in [-0.2, 0) is 17.6 Å². The van der Waals surface area contributed by atoms with Crippen molar-refractivity contribution in [3.05, 3.63) is 101 Å². The number of nitrogens with one attached hydrogen (secondary N) is 2. The number of hydrogen-bond donors (Lipinski definition) is 4. The van der Waals surface area contributed by atoms with Gasteiger partial charge in [-0.3, -0.25) is 4.79 Å². The van der Waals surface area contributed by atoms with Gasteiger partial charge in [0.2, 0.25) is 5.91 Å². The van der Waals surface area contributed by atoms with Gasteiger partial charge in [0.05, 0.1) is 18.7 Å². The molecule has 174 valence electrons. The van der Waals surface area contributed by atoms with Crippen molar-refractivity contribution in [2.75, 3.05) is 11.9 Å². The molecule has 0 bridgehead atoms. The van der Waals surface area contributed by atoms with Crippen molar-refractivity contribution in [3.8, 4) is 0 Å². The van der Waals surface area contributed by atoms with Crippen molar-refractivity contribution >= 4 is 11.6 Å². The Labute approximate surface area is 197 Å². The van der Waals surface area contributed by atoms with Crippen LogP contribution in [0, 0.1) is 13.8 Å². The molecule has 3 aromatic rings. The van der Waals surface area contributed by atoms with Gasteiger partial charge in [0.15, 0.2) is 0 Å². The van der Waals surface area contributed by atoms with Crippen LogP contribution in [0.15, 0.2) is 78.9 Å². The fraction of sp³-hybridized carbons (Fsp3) is 0.321. The standard InChI is InChI=1S/C28H35N3O2/c1-20-10-9-11-21(2)28(20)30-19-27(33)31-25(17-23-14-7-4-8-15-23)26(32)18-24(29)16-22-12-5-3-6-13-22/h3-15,24-26,30,32H,16-19,29H2,1-2H3,(H,31,33). The van der Waals surface area contributed by atoms with E-state index in [1.807, 2.05) is 92.7 Å². The molecule has 3 atom stereocenters. The first-order chi connectivity index (χ1) is 15.9. The van der Waals surface area contributed by atoms with Crippen molar-refractivity contribution in [3.63, 3.8) is 0 Å². The first-order valence-electron chi connectivity index (χ1n) is 11.5. The van der Waals surface area contributed by atoms with Crippen molar-refractivity contribution in [1.29, 1.82) is 0 Å². The summed E-state index contributed by atoms with van der Waals surface area (Å²) in [5.41, 5.74) is 11.7. The molecule has 0 fully saturated rings. The smallest absolute Gasteiger partial charge is 0.239 e. The predicted octanol–water partition coefficient (Wildman–Crippen LogP) is 3.76. The molecule has 0 aliphatic heterocycles. The summed E-state index contributed by atoms with van der Waals surface area (Å²) in [4.78, 5) is 12.8. The first kappa shape index (κ1) is 24.5. The zero-order valence-electron chi connectivity index (χ0n) is 19.5. The highest BCUT2D eigenvalue weighted by Gasteiger charge is 2.24. The molecule has 0 heterocycles. The number of aliphatic hydroxyl groups excluding tert-OH is 1. The highest BCUT2D eigenvalue weighted by Crippen LogP contribution is 2.19. The Hall–Kier alpha value is -3.15. The molecule has 1 amide bonds. The van der Waals surface area contributed by atoms with Gasteiger partial charge in [-0.1, -0.05) is 78.9 Å². The van der Waals surface area contributed by atoms with E-state index >= 15 is 0 Å². The van der Waals surface area contributed by atoms with Gasteiger partial charge in [-0.15, -0.1) is 0 Å². The Bertz CT molecular complexity index is 988. The Balaban J connectivity index is 1.63. The summed E-state index contributed by atoms with van der Waals surface area (Å²) < 4.78 is 0. The second-order valence-corrected chi connectivity index (χ2v) is 8.74. The van der Waals surface area contributed by atoms with E-state index in [9.17, 15) is 9.90 Å². The second-order valence-electron chi connectivity index (χ2n) is 8.74. The Morgan fingerprint density at radius 1 is 0.848 bits per heavy atom. The van der Waals surface area contributed by atoms with E-state index < -0.39 is 12.1 Å². The number of carbonyl (C=O) groups excluding carboxylic acids is 1. The maximum atomic E-state index is 12.8. The molecule has 5 nitrogen and oxygen atoms in total. The second kappa shape index (κ2) is 12.2. The van der Waals surface area contributed by atoms with Gasteiger partial charge in [-0.05, 0) is 55.4 Å². The molecular formula is C28H35N3O2. The van der Waals surface area contributed by atoms with Crippen molar-refractivity contribution < 1.29 is 9.90 Å². The molecule has 0 saturated heterocycles. The summed E-state index contributed by atoms with van der Waals surface area (Å²) in [5.74, 6) is -0.158. The average molecular weight is 446 g/mol. The van der Waals surface area contributed by atoms with E-state index in [4.69, 9.17) is 5.73 Å². The first-order valence-corrected chi connectivity index (χ1v) is 11.5. The quantitative estimate of drug-likeness (QED) is 0.362. The maximum Gasteiger partial charge on any atom is 0.239 e. The van der Waals surface area contributed by atoms with Crippen LogP contribution in [0.3, 0.4) is 0 Å². The number of anilines is 1. The monoisotopic (exact) mass is 445 g/mol. The average Bonchev–Trinajstić information content (AvgIpc) is 2.79. The van der Waals surface area contributed by atoms with Gasteiger partial charge in [0.25, 0.3) is 0 Å². The lowest BCUT2D eigenvalue weighted by Crippen LogP contribution is -2.48. The molecular weight excluding hydrogens is 410 g/mol. The molecule has 0 aliphatic carbocycles. The summed E-state index contributed by atoms with van der Waals surface area (Å²) >= 11 is 0. The van der Waals surface area contributed by atoms with Gasteiger partial charge >= 0.3 is 0 Å². The number of aryl methyl sites for hydroxylation is 2. The topological polar surface area (TPSA) is 87.4 Å². The Morgan fingerprint density at radius 3 is 1.97 bits per heavy atom. The molecule has 3 unspecified atom stereocenters. The van der Waals surface area contributed by atoms with E-state index in [1.165, 1.54) is 0 Å². The van der Waals surface area contributed by atoms with Crippen molar-refractivity contribution in [2.45, 2.75) is 51.3 Å². The number of nitrogens with two attached hydrogens (primary N) is 1. The lowest BCUT2D eigenvalue weighted by molar-refractivity contribution is -0.121. The molecule has 0 aromatic heterocycles. The van der Waals surface area contributed by atoms with Gasteiger partial charge in [0, 0.05) is 11.7 Å². The van der Waals surface area contributed by atoms with Crippen LogP contribution in [-0.4, -0.2) is 35.7 Å². The highest BCUT2D eigenvalue weighted by atomic mass is 16.3. The third kappa shape index (κ3) is 7.74. The molecule has 0 spiro atoms. The van der Waals surface area contributed by atoms with E-state index in [-0.39, 0.29) is 18.5 Å². The number of hydrogen-bond acceptors (Lipinski definition) is 4. The minimum absolute atomic E-state index is 0.139. The largest absolute Gasteiger partial charge is 0.391 e. The zero-order chi connectivity index (χ0) is 23.6. The zero-order valence-corrected chi connectivity index (χ0v) is 19.5. The summed E-state index contributed by atoms with van der Waals surface area (Å²) in [6.45, 7) is 4.17. The van der Waals surface area contributed by atoms with Crippen LogP contribution in [0.25, 0.3) is 0 Å². The van der Waals surface area contributed by atoms with Gasteiger partial charge in [-0.2, -0.15) is 0 Å². The van der Waals surface area contributed by atoms with E-state index in [0.717, 1.165) is 27.9 Å². The predicted molar refractivity (Wildman–Crippen MR) is 135 cm³/mol. The number of amides is 1. The number of carbonyl (C=O) groups is 1. The van der Waals surface area contributed by atoms with E-state index in [0.29, 0.717) is 19.3 Å². The molecule has 0 saturated carbocycles. The molecule has 3 aromatic carbocycles. The normalized spacial score (nSPS) is 13.7. The number of benzene rings is 3. The van der Waals surface area contributed by atoms with Crippen LogP contribution in [0.2, 0.25) is 0 Å². The summed E-state index contributed by atoms with van der Waals surface area (Å²) in [5, 5.41) is 17.3. The van der Waals surface area contributed by atoms with Crippen molar-refractivity contribution in [1.82, 2.24) is 5.32 Å². The summed E-state index contributed by atoms with van der Waals surface area (Å²) in [7, 11) is 0. The van der Waals surface area contributed by atoms with Crippen LogP contribution in [0.4, 0.5) is 5.69 Å². The lowest BCUT2D eigenvalue weighted by Gasteiger charge is -2.27. The van der Waals surface area contributed by atoms with Gasteiger partial charge in [-0.25, -0.2) is 0 Å². The maximum absolute atomic E-state index is 12.8. The Kier molecular flexibility index (Phi) is 9.04. The SMILES string of the molecule is Cc1cccc(C)c1NCC(=O)NC(Cc1ccccc1)C(O)CC(N)Cc1ccccc1. The lowest BCUT2D eigenvalue weighted by atomic mass is 9.94. The molecule has 0 radical (unpaired) electrons. The highest BCUT2D eigenvalue weighted by molar-refractivity contribution is 5.81. The van der Waals surface area contributed by atoms with Gasteiger partial charge in [0.1, 0.15) is 0 Å². The number of rotatable bonds is 11. The Morgan fingerprint density at radius 2 is 1.39 bits per heavy atom. The third-order valence-corrected chi connectivity index (χ3v) is 5.90. The fourth-order valence-corrected chi connectivity index (χ4v) is 4.15. The molecule has 0 aliphatic rings. The molecule has 33 heavy (non-hydrogen) atoms.